The maximum absolute atomic E-state index is 5.59. The number of nitrogens with zero attached hydrogens (tertiary/aromatic N) is 1. The van der Waals surface area contributed by atoms with E-state index in [4.69, 9.17) is 9.47 Å². The zero-order valence-corrected chi connectivity index (χ0v) is 12.6. The Morgan fingerprint density at radius 1 is 1.12 bits per heavy atom. The number of alkyl halides is 1. The van der Waals surface area contributed by atoms with Crippen LogP contribution in [0.3, 0.4) is 0 Å². The van der Waals surface area contributed by atoms with Gasteiger partial charge in [-0.05, 0) is 32.1 Å². The summed E-state index contributed by atoms with van der Waals surface area (Å²) in [7, 11) is 0. The second kappa shape index (κ2) is 5.55. The summed E-state index contributed by atoms with van der Waals surface area (Å²) >= 11 is 3.72. The van der Waals surface area contributed by atoms with Gasteiger partial charge in [-0.15, -0.1) is 0 Å². The summed E-state index contributed by atoms with van der Waals surface area (Å²) in [5, 5.41) is 1.08. The van der Waals surface area contributed by atoms with E-state index in [1.54, 1.807) is 0 Å². The SMILES string of the molecule is CC1(C)COCCN1CC1(CBr)CCOCC1. The third-order valence-electron chi connectivity index (χ3n) is 4.18. The van der Waals surface area contributed by atoms with Crippen LogP contribution in [-0.4, -0.2) is 55.3 Å². The fourth-order valence-electron chi connectivity index (χ4n) is 2.73. The van der Waals surface area contributed by atoms with Crippen molar-refractivity contribution in [3.8, 4) is 0 Å². The Hall–Kier alpha value is 0.360. The third-order valence-corrected chi connectivity index (χ3v) is 5.37. The normalized spacial score (nSPS) is 29.1. The molecule has 100 valence electrons. The summed E-state index contributed by atoms with van der Waals surface area (Å²) in [4.78, 5) is 2.60. The lowest BCUT2D eigenvalue weighted by Gasteiger charge is -2.48. The van der Waals surface area contributed by atoms with Gasteiger partial charge in [-0.25, -0.2) is 0 Å². The molecule has 2 aliphatic heterocycles. The summed E-state index contributed by atoms with van der Waals surface area (Å²) in [6, 6.07) is 0. The fraction of sp³-hybridized carbons (Fsp3) is 1.00. The molecule has 2 heterocycles. The van der Waals surface area contributed by atoms with Crippen LogP contribution < -0.4 is 0 Å². The van der Waals surface area contributed by atoms with E-state index in [0.29, 0.717) is 5.41 Å². The number of halogens is 1. The molecule has 0 amide bonds. The van der Waals surface area contributed by atoms with Gasteiger partial charge >= 0.3 is 0 Å². The molecule has 0 unspecified atom stereocenters. The number of morpholine rings is 1. The maximum Gasteiger partial charge on any atom is 0.0645 e. The molecule has 2 saturated heterocycles. The van der Waals surface area contributed by atoms with Crippen LogP contribution in [0.25, 0.3) is 0 Å². The predicted octanol–water partition coefficient (Wildman–Crippen LogP) is 2.29. The first kappa shape index (κ1) is 13.8. The highest BCUT2D eigenvalue weighted by Crippen LogP contribution is 2.35. The zero-order chi connectivity index (χ0) is 12.4. The van der Waals surface area contributed by atoms with Crippen molar-refractivity contribution in [3.63, 3.8) is 0 Å². The van der Waals surface area contributed by atoms with Crippen molar-refractivity contribution in [2.45, 2.75) is 32.2 Å². The second-order valence-electron chi connectivity index (χ2n) is 6.03. The highest BCUT2D eigenvalue weighted by molar-refractivity contribution is 9.09. The highest BCUT2D eigenvalue weighted by atomic mass is 79.9. The Bertz CT molecular complexity index is 252. The first-order valence-electron chi connectivity index (χ1n) is 6.55. The van der Waals surface area contributed by atoms with Gasteiger partial charge in [0.05, 0.1) is 13.2 Å². The molecule has 2 fully saturated rings. The highest BCUT2D eigenvalue weighted by Gasteiger charge is 2.39. The topological polar surface area (TPSA) is 21.7 Å². The Morgan fingerprint density at radius 3 is 2.41 bits per heavy atom. The summed E-state index contributed by atoms with van der Waals surface area (Å²) < 4.78 is 11.1. The molecule has 0 bridgehead atoms. The molecule has 0 aromatic heterocycles. The van der Waals surface area contributed by atoms with Gasteiger partial charge in [0.2, 0.25) is 0 Å². The smallest absolute Gasteiger partial charge is 0.0645 e. The predicted molar refractivity (Wildman–Crippen MR) is 72.8 cm³/mol. The lowest BCUT2D eigenvalue weighted by atomic mass is 9.80. The van der Waals surface area contributed by atoms with Crippen LogP contribution in [-0.2, 0) is 9.47 Å². The fourth-order valence-corrected chi connectivity index (χ4v) is 3.47. The molecule has 4 heteroatoms. The largest absolute Gasteiger partial charge is 0.381 e. The van der Waals surface area contributed by atoms with Crippen molar-refractivity contribution in [3.05, 3.63) is 0 Å². The van der Waals surface area contributed by atoms with Gasteiger partial charge in [-0.2, -0.15) is 0 Å². The Balaban J connectivity index is 2.01. The molecule has 3 nitrogen and oxygen atoms in total. The van der Waals surface area contributed by atoms with E-state index >= 15 is 0 Å². The van der Waals surface area contributed by atoms with Gasteiger partial charge in [0.15, 0.2) is 0 Å². The molecular weight excluding hydrogens is 282 g/mol. The molecule has 0 atom stereocenters. The van der Waals surface area contributed by atoms with Crippen LogP contribution in [0.1, 0.15) is 26.7 Å². The van der Waals surface area contributed by atoms with Crippen molar-refractivity contribution in [2.75, 3.05) is 44.8 Å². The van der Waals surface area contributed by atoms with Crippen LogP contribution in [0, 0.1) is 5.41 Å². The van der Waals surface area contributed by atoms with Gasteiger partial charge in [0, 0.05) is 37.2 Å². The van der Waals surface area contributed by atoms with E-state index < -0.39 is 0 Å². The summed E-state index contributed by atoms with van der Waals surface area (Å²) in [5.74, 6) is 0. The van der Waals surface area contributed by atoms with Crippen LogP contribution in [0.2, 0.25) is 0 Å². The monoisotopic (exact) mass is 305 g/mol. The van der Waals surface area contributed by atoms with Gasteiger partial charge < -0.3 is 9.47 Å². The maximum atomic E-state index is 5.59. The minimum atomic E-state index is 0.172. The van der Waals surface area contributed by atoms with Crippen molar-refractivity contribution in [1.82, 2.24) is 4.90 Å². The summed E-state index contributed by atoms with van der Waals surface area (Å²) in [6.45, 7) is 10.3. The van der Waals surface area contributed by atoms with Crippen molar-refractivity contribution >= 4 is 15.9 Å². The zero-order valence-electron chi connectivity index (χ0n) is 11.0. The molecule has 0 radical (unpaired) electrons. The number of ether oxygens (including phenoxy) is 2. The molecule has 0 spiro atoms. The van der Waals surface area contributed by atoms with Crippen molar-refractivity contribution < 1.29 is 9.47 Å². The van der Waals surface area contributed by atoms with E-state index in [0.717, 1.165) is 44.8 Å². The van der Waals surface area contributed by atoms with Crippen LogP contribution in [0.15, 0.2) is 0 Å². The lowest BCUT2D eigenvalue weighted by Crippen LogP contribution is -2.57. The molecule has 0 N–H and O–H groups in total. The molecule has 0 aromatic carbocycles. The Morgan fingerprint density at radius 2 is 1.82 bits per heavy atom. The summed E-state index contributed by atoms with van der Waals surface area (Å²) in [5.41, 5.74) is 0.568. The van der Waals surface area contributed by atoms with Crippen LogP contribution in [0.5, 0.6) is 0 Å². The van der Waals surface area contributed by atoms with E-state index in [1.165, 1.54) is 12.8 Å². The minimum Gasteiger partial charge on any atom is -0.381 e. The molecule has 0 aliphatic carbocycles. The van der Waals surface area contributed by atoms with Crippen molar-refractivity contribution in [2.24, 2.45) is 5.41 Å². The lowest BCUT2D eigenvalue weighted by molar-refractivity contribution is -0.0800. The molecule has 2 rings (SSSR count). The van der Waals surface area contributed by atoms with E-state index in [-0.39, 0.29) is 5.54 Å². The molecular formula is C13H24BrNO2. The van der Waals surface area contributed by atoms with Crippen LogP contribution >= 0.6 is 15.9 Å². The van der Waals surface area contributed by atoms with Gasteiger partial charge in [0.25, 0.3) is 0 Å². The van der Waals surface area contributed by atoms with Crippen LogP contribution in [0.4, 0.5) is 0 Å². The Labute approximate surface area is 113 Å². The first-order valence-corrected chi connectivity index (χ1v) is 7.67. The average molecular weight is 306 g/mol. The number of hydrogen-bond donors (Lipinski definition) is 0. The average Bonchev–Trinajstić information content (AvgIpc) is 2.33. The number of rotatable bonds is 3. The van der Waals surface area contributed by atoms with E-state index in [1.807, 2.05) is 0 Å². The van der Waals surface area contributed by atoms with Crippen molar-refractivity contribution in [1.29, 1.82) is 0 Å². The molecule has 0 aromatic rings. The van der Waals surface area contributed by atoms with Gasteiger partial charge in [-0.1, -0.05) is 15.9 Å². The van der Waals surface area contributed by atoms with E-state index in [9.17, 15) is 0 Å². The summed E-state index contributed by atoms with van der Waals surface area (Å²) in [6.07, 6.45) is 2.34. The van der Waals surface area contributed by atoms with E-state index in [2.05, 4.69) is 34.7 Å². The quantitative estimate of drug-likeness (QED) is 0.747. The standard InChI is InChI=1S/C13H24BrNO2/c1-12(2)11-17-8-5-15(12)10-13(9-14)3-6-16-7-4-13/h3-11H2,1-2H3. The number of hydrogen-bond acceptors (Lipinski definition) is 3. The molecule has 0 saturated carbocycles. The molecule has 2 aliphatic rings. The van der Waals surface area contributed by atoms with Gasteiger partial charge in [-0.3, -0.25) is 4.90 Å². The third kappa shape index (κ3) is 3.22. The molecule has 17 heavy (non-hydrogen) atoms. The second-order valence-corrected chi connectivity index (χ2v) is 6.59. The van der Waals surface area contributed by atoms with Gasteiger partial charge in [0.1, 0.15) is 0 Å². The Kier molecular flexibility index (Phi) is 4.50. The minimum absolute atomic E-state index is 0.172. The first-order chi connectivity index (χ1) is 8.08.